The molecular weight excluding hydrogens is 118 g/mol. The molecule has 1 nitrogen and oxygen atoms in total. The summed E-state index contributed by atoms with van der Waals surface area (Å²) in [5.74, 6) is 0. The van der Waals surface area contributed by atoms with Crippen molar-refractivity contribution in [2.24, 2.45) is 0 Å². The first kappa shape index (κ1) is 3.97. The first-order valence-corrected chi connectivity index (χ1v) is 2.17. The Hall–Kier alpha value is -0.201. The number of hydrogen-bond donors (Lipinski definition) is 0. The molecule has 1 rings (SSSR count). The van der Waals surface area contributed by atoms with E-state index < -0.39 is 0 Å². The first-order valence-electron chi connectivity index (χ1n) is 1.67. The number of rotatable bonds is 0. The quantitative estimate of drug-likeness (QED) is 0.448. The molecule has 0 N–H and O–H groups in total. The predicted octanol–water partition coefficient (Wildman–Crippen LogP) is 0.798. The van der Waals surface area contributed by atoms with Crippen molar-refractivity contribution >= 4 is 0 Å². The molecule has 0 aliphatic heterocycles. The second-order valence-electron chi connectivity index (χ2n) is 1.01. The predicted molar refractivity (Wildman–Crippen MR) is 19.8 cm³/mol. The molecular formula is C4H4FeN. The van der Waals surface area contributed by atoms with Gasteiger partial charge in [-0.05, 0) is 0 Å². The van der Waals surface area contributed by atoms with Gasteiger partial charge < -0.3 is 0 Å². The molecule has 0 radical (unpaired) electrons. The van der Waals surface area contributed by atoms with Gasteiger partial charge in [0, 0.05) is 0 Å². The van der Waals surface area contributed by atoms with Crippen LogP contribution in [0.25, 0.3) is 0 Å². The van der Waals surface area contributed by atoms with Crippen molar-refractivity contribution < 1.29 is 16.2 Å². The molecule has 1 aromatic rings. The van der Waals surface area contributed by atoms with Crippen molar-refractivity contribution in [2.45, 2.75) is 0 Å². The molecule has 0 aliphatic carbocycles. The van der Waals surface area contributed by atoms with Crippen LogP contribution in [0.2, 0.25) is 0 Å². The molecule has 1 heterocycles. The van der Waals surface area contributed by atoms with Gasteiger partial charge in [0.05, 0.1) is 0 Å². The molecule has 0 bridgehead atoms. The Labute approximate surface area is 45.0 Å². The van der Waals surface area contributed by atoms with Crippen LogP contribution in [0.3, 0.4) is 0 Å². The summed E-state index contributed by atoms with van der Waals surface area (Å²) in [7, 11) is 0. The van der Waals surface area contributed by atoms with Gasteiger partial charge in [-0.15, -0.1) is 0 Å². The van der Waals surface area contributed by atoms with Crippen LogP contribution >= 0.6 is 0 Å². The Morgan fingerprint density at radius 1 is 1.17 bits per heavy atom. The third-order valence-corrected chi connectivity index (χ3v) is 0.890. The van der Waals surface area contributed by atoms with E-state index in [0.717, 1.165) is 0 Å². The fourth-order valence-electron chi connectivity index (χ4n) is 0.309. The standard InChI is InChI=1S/C4H4N.Fe/c1-2-4-5-3-1;/h1-4H;/q-1;+1. The molecule has 0 amide bonds. The van der Waals surface area contributed by atoms with Gasteiger partial charge in [-0.3, -0.25) is 0 Å². The van der Waals surface area contributed by atoms with Crippen LogP contribution < -0.4 is 0 Å². The van der Waals surface area contributed by atoms with Crippen LogP contribution in [0.4, 0.5) is 0 Å². The third-order valence-electron chi connectivity index (χ3n) is 0.561. The Morgan fingerprint density at radius 3 is 1.83 bits per heavy atom. The van der Waals surface area contributed by atoms with Gasteiger partial charge in [-0.1, -0.05) is 0 Å². The summed E-state index contributed by atoms with van der Waals surface area (Å²) < 4.78 is 1.75. The summed E-state index contributed by atoms with van der Waals surface area (Å²) in [6.07, 6.45) is 3.78. The van der Waals surface area contributed by atoms with Gasteiger partial charge >= 0.3 is 44.3 Å². The van der Waals surface area contributed by atoms with Crippen LogP contribution in [-0.4, -0.2) is 3.58 Å². The molecule has 0 spiro atoms. The van der Waals surface area contributed by atoms with Gasteiger partial charge in [-0.25, -0.2) is 0 Å². The molecule has 0 atom stereocenters. The molecule has 0 saturated carbocycles. The van der Waals surface area contributed by atoms with E-state index in [-0.39, 0.29) is 0 Å². The van der Waals surface area contributed by atoms with E-state index in [1.807, 2.05) is 24.5 Å². The molecule has 0 aromatic carbocycles. The van der Waals surface area contributed by atoms with Crippen molar-refractivity contribution in [3.8, 4) is 0 Å². The first-order chi connectivity index (χ1) is 2.89. The Morgan fingerprint density at radius 2 is 1.67 bits per heavy atom. The van der Waals surface area contributed by atoms with Crippen molar-refractivity contribution in [3.05, 3.63) is 24.5 Å². The molecule has 0 saturated heterocycles. The van der Waals surface area contributed by atoms with Gasteiger partial charge in [0.15, 0.2) is 0 Å². The van der Waals surface area contributed by atoms with E-state index >= 15 is 0 Å². The Kier molecular flexibility index (Phi) is 0.992. The maximum absolute atomic E-state index is 3.60. The summed E-state index contributed by atoms with van der Waals surface area (Å²) in [5, 5.41) is 0. The fraction of sp³-hybridized carbons (Fsp3) is 0. The van der Waals surface area contributed by atoms with Gasteiger partial charge in [0.1, 0.15) is 0 Å². The summed E-state index contributed by atoms with van der Waals surface area (Å²) in [4.78, 5) is 0. The molecule has 2 heteroatoms. The topological polar surface area (TPSA) is 4.93 Å². The van der Waals surface area contributed by atoms with Crippen LogP contribution in [0, 0.1) is 0 Å². The van der Waals surface area contributed by atoms with E-state index in [0.29, 0.717) is 0 Å². The Bertz CT molecular complexity index is 111. The average Bonchev–Trinajstić information content (AvgIpc) is 1.86. The number of nitrogens with zero attached hydrogens (tertiary/aromatic N) is 1. The van der Waals surface area contributed by atoms with Gasteiger partial charge in [-0.2, -0.15) is 0 Å². The third kappa shape index (κ3) is 0.644. The number of aromatic nitrogens is 1. The van der Waals surface area contributed by atoms with Gasteiger partial charge in [0.25, 0.3) is 0 Å². The molecule has 33 valence electrons. The van der Waals surface area contributed by atoms with Crippen molar-refractivity contribution in [2.75, 3.05) is 0 Å². The van der Waals surface area contributed by atoms with E-state index in [1.54, 1.807) is 3.58 Å². The zero-order chi connectivity index (χ0) is 4.41. The van der Waals surface area contributed by atoms with Crippen LogP contribution in [0.15, 0.2) is 24.5 Å². The van der Waals surface area contributed by atoms with E-state index in [4.69, 9.17) is 0 Å². The molecule has 0 aliphatic rings. The van der Waals surface area contributed by atoms with E-state index in [2.05, 4.69) is 16.2 Å². The monoisotopic (exact) mass is 122 g/mol. The minimum atomic E-state index is 1.75. The summed E-state index contributed by atoms with van der Waals surface area (Å²) in [6.45, 7) is 0. The summed E-state index contributed by atoms with van der Waals surface area (Å²) >= 11 is 3.60. The fourth-order valence-corrected chi connectivity index (χ4v) is 0.499. The van der Waals surface area contributed by atoms with Crippen molar-refractivity contribution in [1.82, 2.24) is 3.58 Å². The second kappa shape index (κ2) is 1.50. The summed E-state index contributed by atoms with van der Waals surface area (Å²) in [6, 6.07) is 3.88. The van der Waals surface area contributed by atoms with Gasteiger partial charge in [0.2, 0.25) is 0 Å². The van der Waals surface area contributed by atoms with Crippen LogP contribution in [0.5, 0.6) is 0 Å². The van der Waals surface area contributed by atoms with Crippen LogP contribution in [0.1, 0.15) is 0 Å². The normalized spacial score (nSPS) is 8.83. The maximum atomic E-state index is 3.60. The zero-order valence-corrected chi connectivity index (χ0v) is 4.21. The molecule has 0 unspecified atom stereocenters. The van der Waals surface area contributed by atoms with E-state index in [1.165, 1.54) is 0 Å². The van der Waals surface area contributed by atoms with Crippen molar-refractivity contribution in [3.63, 3.8) is 0 Å². The molecule has 0 fully saturated rings. The molecule has 1 aromatic heterocycles. The molecule has 6 heavy (non-hydrogen) atoms. The average molecular weight is 122 g/mol. The second-order valence-corrected chi connectivity index (χ2v) is 1.58. The van der Waals surface area contributed by atoms with E-state index in [9.17, 15) is 0 Å². The zero-order valence-electron chi connectivity index (χ0n) is 3.11. The SMILES string of the molecule is [Fe][n]1cccc1. The van der Waals surface area contributed by atoms with Crippen LogP contribution in [-0.2, 0) is 16.2 Å². The minimum absolute atomic E-state index is 1.75. The summed E-state index contributed by atoms with van der Waals surface area (Å²) in [5.41, 5.74) is 0. The Balaban J connectivity index is 3.05. The number of hydrogen-bond acceptors (Lipinski definition) is 0. The van der Waals surface area contributed by atoms with Crippen molar-refractivity contribution in [1.29, 1.82) is 0 Å².